The standard InChI is InChI=1S/C19H19ClFN3O2S/c1-3-9-22-19(27)24-23-11-13-7-8-17(18(10-13)25-2)26-12-14-15(20)5-4-6-16(14)21/h3-8,10-11H,1,9,12H2,2H3,(H2,22,24,27). The number of hydrogen-bond donors (Lipinski definition) is 2. The average Bonchev–Trinajstić information content (AvgIpc) is 2.66. The molecule has 0 unspecified atom stereocenters. The molecule has 2 rings (SSSR count). The Kier molecular flexibility index (Phi) is 8.03. The summed E-state index contributed by atoms with van der Waals surface area (Å²) in [5, 5.41) is 7.63. The third-order valence-corrected chi connectivity index (χ3v) is 4.00. The lowest BCUT2D eigenvalue weighted by Gasteiger charge is -2.12. The zero-order valence-electron chi connectivity index (χ0n) is 14.7. The summed E-state index contributed by atoms with van der Waals surface area (Å²) in [6, 6.07) is 9.73. The summed E-state index contributed by atoms with van der Waals surface area (Å²) < 4.78 is 24.8. The highest BCUT2D eigenvalue weighted by Crippen LogP contribution is 2.29. The van der Waals surface area contributed by atoms with Gasteiger partial charge in [0.05, 0.1) is 18.3 Å². The van der Waals surface area contributed by atoms with Gasteiger partial charge in [-0.05, 0) is 48.1 Å². The van der Waals surface area contributed by atoms with Crippen LogP contribution in [0.4, 0.5) is 4.39 Å². The second-order valence-electron chi connectivity index (χ2n) is 5.27. The quantitative estimate of drug-likeness (QED) is 0.299. The van der Waals surface area contributed by atoms with E-state index in [0.29, 0.717) is 28.2 Å². The van der Waals surface area contributed by atoms with E-state index < -0.39 is 5.82 Å². The smallest absolute Gasteiger partial charge is 0.187 e. The number of rotatable bonds is 8. The van der Waals surface area contributed by atoms with Crippen LogP contribution in [0.3, 0.4) is 0 Å². The highest BCUT2D eigenvalue weighted by Gasteiger charge is 2.10. The average molecular weight is 408 g/mol. The van der Waals surface area contributed by atoms with Crippen molar-refractivity contribution in [3.05, 3.63) is 71.0 Å². The summed E-state index contributed by atoms with van der Waals surface area (Å²) in [6.45, 7) is 4.12. The molecule has 0 saturated carbocycles. The first kappa shape index (κ1) is 20.7. The minimum absolute atomic E-state index is 0.0138. The second-order valence-corrected chi connectivity index (χ2v) is 6.08. The van der Waals surface area contributed by atoms with E-state index in [4.69, 9.17) is 33.3 Å². The van der Waals surface area contributed by atoms with Crippen molar-refractivity contribution < 1.29 is 13.9 Å². The van der Waals surface area contributed by atoms with Gasteiger partial charge in [0.25, 0.3) is 0 Å². The molecule has 0 saturated heterocycles. The van der Waals surface area contributed by atoms with Gasteiger partial charge < -0.3 is 14.8 Å². The van der Waals surface area contributed by atoms with Crippen LogP contribution in [-0.2, 0) is 6.61 Å². The van der Waals surface area contributed by atoms with Crippen molar-refractivity contribution in [2.45, 2.75) is 6.61 Å². The zero-order chi connectivity index (χ0) is 19.6. The van der Waals surface area contributed by atoms with Gasteiger partial charge in [0.15, 0.2) is 16.6 Å². The highest BCUT2D eigenvalue weighted by atomic mass is 35.5. The van der Waals surface area contributed by atoms with Crippen LogP contribution in [0.5, 0.6) is 11.5 Å². The van der Waals surface area contributed by atoms with Crippen molar-refractivity contribution in [3.63, 3.8) is 0 Å². The SMILES string of the molecule is C=CCNC(=S)NN=Cc1ccc(OCc2c(F)cccc2Cl)c(OC)c1. The Morgan fingerprint density at radius 3 is 2.85 bits per heavy atom. The molecular formula is C19H19ClFN3O2S. The molecule has 0 aromatic heterocycles. The largest absolute Gasteiger partial charge is 0.493 e. The molecule has 5 nitrogen and oxygen atoms in total. The predicted molar refractivity (Wildman–Crippen MR) is 110 cm³/mol. The summed E-state index contributed by atoms with van der Waals surface area (Å²) in [5.74, 6) is 0.529. The first-order valence-corrected chi connectivity index (χ1v) is 8.75. The van der Waals surface area contributed by atoms with Crippen LogP contribution >= 0.6 is 23.8 Å². The Balaban J connectivity index is 2.03. The Labute approximate surface area is 167 Å². The molecule has 0 heterocycles. The number of nitrogens with zero attached hydrogens (tertiary/aromatic N) is 1. The molecule has 0 atom stereocenters. The van der Waals surface area contributed by atoms with Gasteiger partial charge in [0.1, 0.15) is 12.4 Å². The second kappa shape index (κ2) is 10.5. The first-order valence-electron chi connectivity index (χ1n) is 7.96. The van der Waals surface area contributed by atoms with Gasteiger partial charge in [-0.15, -0.1) is 6.58 Å². The van der Waals surface area contributed by atoms with Gasteiger partial charge in [-0.2, -0.15) is 5.10 Å². The van der Waals surface area contributed by atoms with Gasteiger partial charge in [0, 0.05) is 12.1 Å². The fourth-order valence-electron chi connectivity index (χ4n) is 2.07. The summed E-state index contributed by atoms with van der Waals surface area (Å²) in [6.07, 6.45) is 3.28. The van der Waals surface area contributed by atoms with Crippen LogP contribution in [-0.4, -0.2) is 25.0 Å². The molecule has 0 spiro atoms. The molecule has 0 aliphatic heterocycles. The first-order chi connectivity index (χ1) is 13.0. The number of ether oxygens (including phenoxy) is 2. The van der Waals surface area contributed by atoms with Crippen LogP contribution in [0.1, 0.15) is 11.1 Å². The molecular weight excluding hydrogens is 389 g/mol. The fraction of sp³-hybridized carbons (Fsp3) is 0.158. The molecule has 142 valence electrons. The molecule has 0 amide bonds. The number of halogens is 2. The van der Waals surface area contributed by atoms with E-state index >= 15 is 0 Å². The number of nitrogens with one attached hydrogen (secondary N) is 2. The van der Waals surface area contributed by atoms with E-state index in [9.17, 15) is 4.39 Å². The lowest BCUT2D eigenvalue weighted by Crippen LogP contribution is -2.31. The number of hydrazone groups is 1. The summed E-state index contributed by atoms with van der Waals surface area (Å²) in [5.41, 5.74) is 3.75. The normalized spacial score (nSPS) is 10.5. The van der Waals surface area contributed by atoms with Crippen molar-refractivity contribution in [1.82, 2.24) is 10.7 Å². The topological polar surface area (TPSA) is 54.9 Å². The lowest BCUT2D eigenvalue weighted by atomic mass is 10.2. The predicted octanol–water partition coefficient (Wildman–Crippen LogP) is 4.05. The van der Waals surface area contributed by atoms with Crippen LogP contribution in [0, 0.1) is 5.82 Å². The molecule has 27 heavy (non-hydrogen) atoms. The lowest BCUT2D eigenvalue weighted by molar-refractivity contribution is 0.280. The van der Waals surface area contributed by atoms with Gasteiger partial charge in [0.2, 0.25) is 0 Å². The number of hydrogen-bond acceptors (Lipinski definition) is 4. The van der Waals surface area contributed by atoms with Gasteiger partial charge in [-0.3, -0.25) is 5.43 Å². The van der Waals surface area contributed by atoms with Gasteiger partial charge in [-0.25, -0.2) is 4.39 Å². The van der Waals surface area contributed by atoms with Crippen LogP contribution in [0.25, 0.3) is 0 Å². The zero-order valence-corrected chi connectivity index (χ0v) is 16.2. The Bertz CT molecular complexity index is 825. The monoisotopic (exact) mass is 407 g/mol. The third-order valence-electron chi connectivity index (χ3n) is 3.41. The number of thiocarbonyl (C=S) groups is 1. The maximum absolute atomic E-state index is 13.8. The Morgan fingerprint density at radius 1 is 1.33 bits per heavy atom. The maximum Gasteiger partial charge on any atom is 0.187 e. The molecule has 0 aliphatic rings. The van der Waals surface area contributed by atoms with Crippen molar-refractivity contribution in [1.29, 1.82) is 0 Å². The van der Waals surface area contributed by atoms with E-state index in [2.05, 4.69) is 22.4 Å². The molecule has 0 bridgehead atoms. The number of methoxy groups -OCH3 is 1. The molecule has 2 N–H and O–H groups in total. The van der Waals surface area contributed by atoms with E-state index in [1.807, 2.05) is 0 Å². The highest BCUT2D eigenvalue weighted by molar-refractivity contribution is 7.80. The van der Waals surface area contributed by atoms with Crippen LogP contribution in [0.15, 0.2) is 54.2 Å². The summed E-state index contributed by atoms with van der Waals surface area (Å²) in [4.78, 5) is 0. The van der Waals surface area contributed by atoms with E-state index in [1.54, 1.807) is 42.6 Å². The fourth-order valence-corrected chi connectivity index (χ4v) is 2.43. The Hall–Kier alpha value is -2.64. The minimum atomic E-state index is -0.419. The minimum Gasteiger partial charge on any atom is -0.493 e. The maximum atomic E-state index is 13.8. The molecule has 2 aromatic carbocycles. The van der Waals surface area contributed by atoms with Gasteiger partial charge in [-0.1, -0.05) is 23.7 Å². The molecule has 0 aliphatic carbocycles. The van der Waals surface area contributed by atoms with Crippen molar-refractivity contribution in [2.75, 3.05) is 13.7 Å². The third kappa shape index (κ3) is 6.23. The molecule has 0 fully saturated rings. The van der Waals surface area contributed by atoms with Crippen LogP contribution in [0.2, 0.25) is 5.02 Å². The Morgan fingerprint density at radius 2 is 2.15 bits per heavy atom. The number of benzene rings is 2. The van der Waals surface area contributed by atoms with Crippen molar-refractivity contribution in [2.24, 2.45) is 5.10 Å². The molecule has 8 heteroatoms. The molecule has 0 radical (unpaired) electrons. The van der Waals surface area contributed by atoms with Crippen molar-refractivity contribution >= 4 is 35.1 Å². The van der Waals surface area contributed by atoms with E-state index in [0.717, 1.165) is 5.56 Å². The van der Waals surface area contributed by atoms with Crippen LogP contribution < -0.4 is 20.2 Å². The summed E-state index contributed by atoms with van der Waals surface area (Å²) >= 11 is 11.0. The van der Waals surface area contributed by atoms with E-state index in [1.165, 1.54) is 13.2 Å². The van der Waals surface area contributed by atoms with Gasteiger partial charge >= 0.3 is 0 Å². The van der Waals surface area contributed by atoms with E-state index in [-0.39, 0.29) is 12.2 Å². The molecule has 2 aromatic rings. The van der Waals surface area contributed by atoms with Crippen molar-refractivity contribution in [3.8, 4) is 11.5 Å². The summed E-state index contributed by atoms with van der Waals surface area (Å²) in [7, 11) is 1.52.